The summed E-state index contributed by atoms with van der Waals surface area (Å²) in [7, 11) is -5.87. The van der Waals surface area contributed by atoms with E-state index in [2.05, 4.69) is 73.8 Å². The van der Waals surface area contributed by atoms with Crippen molar-refractivity contribution in [2.45, 2.75) is 65.3 Å². The highest BCUT2D eigenvalue weighted by atomic mass is 31.2. The molecule has 178 valence electrons. The van der Waals surface area contributed by atoms with Gasteiger partial charge in [-0.1, -0.05) is 88.4 Å². The fourth-order valence-corrected chi connectivity index (χ4v) is 7.03. The van der Waals surface area contributed by atoms with Gasteiger partial charge in [0.15, 0.2) is 15.9 Å². The van der Waals surface area contributed by atoms with Crippen LogP contribution in [0.25, 0.3) is 11.1 Å². The molecule has 0 aromatic heterocycles. The Balaban J connectivity index is 0.000000357. The smallest absolute Gasteiger partial charge is 0.315 e. The van der Waals surface area contributed by atoms with E-state index in [1.165, 1.54) is 11.1 Å². The zero-order valence-electron chi connectivity index (χ0n) is 20.2. The largest absolute Gasteiger partial charge is 0.769 e. The monoisotopic (exact) mass is 477 g/mol. The van der Waals surface area contributed by atoms with Crippen molar-refractivity contribution >= 4 is 21.9 Å². The van der Waals surface area contributed by atoms with Crippen LogP contribution in [-0.2, 0) is 18.3 Å². The SMILES string of the molecule is CC[C@H](O[Si](CC)(CC)CC)[C@@H](C)C(=O)OP(C)(=O)[O-].c1ccc(-c2ccccc2)cc1. The molecule has 2 aromatic carbocycles. The molecule has 32 heavy (non-hydrogen) atoms. The predicted molar refractivity (Wildman–Crippen MR) is 133 cm³/mol. The van der Waals surface area contributed by atoms with Crippen molar-refractivity contribution in [1.29, 1.82) is 0 Å². The molecule has 0 saturated heterocycles. The van der Waals surface area contributed by atoms with E-state index in [0.29, 0.717) is 6.42 Å². The number of carbonyl (C=O) groups is 1. The van der Waals surface area contributed by atoms with Crippen LogP contribution in [0.3, 0.4) is 0 Å². The Bertz CT molecular complexity index is 788. The van der Waals surface area contributed by atoms with E-state index in [4.69, 9.17) is 4.43 Å². The number of benzene rings is 2. The van der Waals surface area contributed by atoms with Gasteiger partial charge in [-0.05, 0) is 42.6 Å². The van der Waals surface area contributed by atoms with Crippen molar-refractivity contribution in [3.8, 4) is 11.1 Å². The highest BCUT2D eigenvalue weighted by Crippen LogP contribution is 2.34. The quantitative estimate of drug-likeness (QED) is 0.288. The van der Waals surface area contributed by atoms with E-state index in [1.54, 1.807) is 6.92 Å². The summed E-state index contributed by atoms with van der Waals surface area (Å²) in [4.78, 5) is 22.9. The second-order valence-electron chi connectivity index (χ2n) is 8.01. The summed E-state index contributed by atoms with van der Waals surface area (Å²) in [5, 5.41) is 0. The maximum atomic E-state index is 11.9. The van der Waals surface area contributed by atoms with Gasteiger partial charge in [0.1, 0.15) is 0 Å². The first-order chi connectivity index (χ1) is 15.1. The van der Waals surface area contributed by atoms with Crippen LogP contribution < -0.4 is 4.89 Å². The first-order valence-electron chi connectivity index (χ1n) is 11.4. The first kappa shape index (κ1) is 28.3. The van der Waals surface area contributed by atoms with Gasteiger partial charge in [-0.2, -0.15) is 0 Å². The molecule has 3 atom stereocenters. The Labute approximate surface area is 194 Å². The molecule has 0 aliphatic heterocycles. The number of hydrogen-bond donors (Lipinski definition) is 0. The predicted octanol–water partition coefficient (Wildman–Crippen LogP) is 6.50. The Morgan fingerprint density at radius 1 is 0.906 bits per heavy atom. The third-order valence-electron chi connectivity index (χ3n) is 5.80. The van der Waals surface area contributed by atoms with Gasteiger partial charge in [-0.3, -0.25) is 9.36 Å². The van der Waals surface area contributed by atoms with Gasteiger partial charge in [-0.25, -0.2) is 0 Å². The maximum Gasteiger partial charge on any atom is 0.315 e. The van der Waals surface area contributed by atoms with Crippen LogP contribution >= 0.6 is 7.60 Å². The molecule has 7 heteroatoms. The van der Waals surface area contributed by atoms with Gasteiger partial charge >= 0.3 is 5.97 Å². The average Bonchev–Trinajstić information content (AvgIpc) is 2.80. The van der Waals surface area contributed by atoms with Crippen LogP contribution in [0.5, 0.6) is 0 Å². The number of carbonyl (C=O) groups excluding carboxylic acids is 1. The molecule has 0 N–H and O–H groups in total. The lowest BCUT2D eigenvalue weighted by molar-refractivity contribution is -0.199. The topological polar surface area (TPSA) is 75.7 Å². The van der Waals surface area contributed by atoms with Crippen LogP contribution in [0, 0.1) is 5.92 Å². The van der Waals surface area contributed by atoms with Crippen molar-refractivity contribution in [3.05, 3.63) is 60.7 Å². The van der Waals surface area contributed by atoms with Crippen molar-refractivity contribution in [3.63, 3.8) is 0 Å². The molecule has 0 bridgehead atoms. The van der Waals surface area contributed by atoms with Crippen LogP contribution in [0.4, 0.5) is 0 Å². The minimum atomic E-state index is -4.04. The molecule has 0 amide bonds. The zero-order valence-corrected chi connectivity index (χ0v) is 22.1. The lowest BCUT2D eigenvalue weighted by Gasteiger charge is -2.35. The summed E-state index contributed by atoms with van der Waals surface area (Å²) in [5.74, 6) is -1.29. The van der Waals surface area contributed by atoms with Gasteiger partial charge in [0, 0.05) is 6.66 Å². The fourth-order valence-electron chi connectivity index (χ4n) is 3.52. The standard InChI is InChI=1S/C13H29O5PSi.C12H10/c1-7-12(18-20(8-2,9-3)10-4)11(5)13(14)17-19(6,15)16;1-3-7-11(8-4-1)12-9-5-2-6-10-12/h11-12H,7-10H2,1-6H3,(H,15,16);1-10H/p-1/t11-,12+;/m1./s1. The van der Waals surface area contributed by atoms with E-state index < -0.39 is 27.8 Å². The molecule has 5 nitrogen and oxygen atoms in total. The fraction of sp³-hybridized carbons (Fsp3) is 0.480. The summed E-state index contributed by atoms with van der Waals surface area (Å²) in [6.45, 7) is 10.9. The average molecular weight is 478 g/mol. The Hall–Kier alpha value is -1.72. The summed E-state index contributed by atoms with van der Waals surface area (Å²) in [6, 6.07) is 23.8. The molecule has 0 radical (unpaired) electrons. The highest BCUT2D eigenvalue weighted by molar-refractivity contribution is 7.51. The molecule has 0 fully saturated rings. The van der Waals surface area contributed by atoms with Gasteiger partial charge in [0.25, 0.3) is 0 Å². The molecule has 1 unspecified atom stereocenters. The van der Waals surface area contributed by atoms with E-state index in [1.807, 2.05) is 19.1 Å². The van der Waals surface area contributed by atoms with Crippen molar-refractivity contribution < 1.29 is 23.2 Å². The van der Waals surface area contributed by atoms with Gasteiger partial charge in [0.05, 0.1) is 12.0 Å². The van der Waals surface area contributed by atoms with Crippen LogP contribution in [0.1, 0.15) is 41.0 Å². The van der Waals surface area contributed by atoms with Gasteiger partial charge in [0.2, 0.25) is 0 Å². The third kappa shape index (κ3) is 9.41. The Morgan fingerprint density at radius 3 is 1.62 bits per heavy atom. The van der Waals surface area contributed by atoms with Crippen molar-refractivity contribution in [2.75, 3.05) is 6.66 Å². The molecule has 2 rings (SSSR count). The van der Waals surface area contributed by atoms with Crippen LogP contribution in [0.2, 0.25) is 18.1 Å². The molecule has 0 saturated carbocycles. The second-order valence-corrected chi connectivity index (χ2v) is 14.5. The summed E-state index contributed by atoms with van der Waals surface area (Å²) >= 11 is 0. The molecular formula is C25H38O5PSi-. The Kier molecular flexibility index (Phi) is 12.2. The first-order valence-corrected chi connectivity index (χ1v) is 15.9. The molecule has 0 heterocycles. The normalized spacial score (nSPS) is 15.0. The highest BCUT2D eigenvalue weighted by Gasteiger charge is 2.36. The molecule has 0 aliphatic carbocycles. The minimum absolute atomic E-state index is 0.277. The minimum Gasteiger partial charge on any atom is -0.769 e. The summed E-state index contributed by atoms with van der Waals surface area (Å²) in [6.07, 6.45) is 0.387. The number of rotatable bonds is 10. The van der Waals surface area contributed by atoms with Crippen molar-refractivity contribution in [2.24, 2.45) is 5.92 Å². The van der Waals surface area contributed by atoms with Crippen molar-refractivity contribution in [1.82, 2.24) is 0 Å². The lowest BCUT2D eigenvalue weighted by atomic mass is 10.0. The Morgan fingerprint density at radius 2 is 1.31 bits per heavy atom. The van der Waals surface area contributed by atoms with Gasteiger partial charge < -0.3 is 13.8 Å². The van der Waals surface area contributed by atoms with Crippen LogP contribution in [0.15, 0.2) is 60.7 Å². The number of hydrogen-bond acceptors (Lipinski definition) is 5. The third-order valence-corrected chi connectivity index (χ3v) is 11.0. The molecule has 0 aliphatic rings. The lowest BCUT2D eigenvalue weighted by Crippen LogP contribution is -2.43. The summed E-state index contributed by atoms with van der Waals surface area (Å²) in [5.41, 5.74) is 2.55. The second kappa shape index (κ2) is 13.7. The molecule has 0 spiro atoms. The maximum absolute atomic E-state index is 11.9. The zero-order chi connectivity index (χ0) is 24.2. The molecule has 2 aromatic rings. The van der Waals surface area contributed by atoms with E-state index in [-0.39, 0.29) is 6.10 Å². The summed E-state index contributed by atoms with van der Waals surface area (Å²) < 4.78 is 21.8. The van der Waals surface area contributed by atoms with Gasteiger partial charge in [-0.15, -0.1) is 0 Å². The van der Waals surface area contributed by atoms with E-state index in [9.17, 15) is 14.3 Å². The van der Waals surface area contributed by atoms with E-state index in [0.717, 1.165) is 24.8 Å². The molecular weight excluding hydrogens is 439 g/mol. The van der Waals surface area contributed by atoms with E-state index >= 15 is 0 Å². The van der Waals surface area contributed by atoms with Crippen LogP contribution in [-0.4, -0.2) is 27.1 Å².